The summed E-state index contributed by atoms with van der Waals surface area (Å²) in [6, 6.07) is 19.3. The molecule has 11 heteroatoms. The zero-order valence-electron chi connectivity index (χ0n) is 37.8. The summed E-state index contributed by atoms with van der Waals surface area (Å²) >= 11 is 0. The van der Waals surface area contributed by atoms with Crippen molar-refractivity contribution >= 4 is 11.6 Å². The number of amides is 1. The van der Waals surface area contributed by atoms with Crippen LogP contribution >= 0.6 is 0 Å². The number of hydrogen-bond donors (Lipinski definition) is 2. The summed E-state index contributed by atoms with van der Waals surface area (Å²) in [5, 5.41) is 25.0. The fourth-order valence-electron chi connectivity index (χ4n) is 10.3. The van der Waals surface area contributed by atoms with Gasteiger partial charge in [0.2, 0.25) is 18.0 Å². The Labute approximate surface area is 374 Å². The number of carbonyl (C=O) groups is 1. The van der Waals surface area contributed by atoms with Gasteiger partial charge in [0.05, 0.1) is 38.4 Å². The van der Waals surface area contributed by atoms with E-state index < -0.39 is 24.0 Å². The number of hydrogen-bond acceptors (Lipinski definition) is 10. The third-order valence-corrected chi connectivity index (χ3v) is 13.4. The van der Waals surface area contributed by atoms with Gasteiger partial charge in [0.15, 0.2) is 0 Å². The summed E-state index contributed by atoms with van der Waals surface area (Å²) in [5.41, 5.74) is 5.94. The number of fused-ring (bicyclic) bond motifs is 2. The third-order valence-electron chi connectivity index (χ3n) is 13.4. The number of benzene rings is 3. The second-order valence-corrected chi connectivity index (χ2v) is 17.6. The van der Waals surface area contributed by atoms with Gasteiger partial charge in [-0.15, -0.1) is 6.58 Å². The molecule has 2 aliphatic carbocycles. The summed E-state index contributed by atoms with van der Waals surface area (Å²) < 4.78 is 32.8. The van der Waals surface area contributed by atoms with Crippen molar-refractivity contribution in [1.29, 1.82) is 0 Å². The van der Waals surface area contributed by atoms with Crippen LogP contribution in [0.1, 0.15) is 106 Å². The van der Waals surface area contributed by atoms with E-state index in [0.29, 0.717) is 56.1 Å². The van der Waals surface area contributed by atoms with Crippen molar-refractivity contribution < 1.29 is 43.5 Å². The minimum atomic E-state index is -1.35. The number of methoxy groups -OCH3 is 1. The molecule has 2 heterocycles. The maximum Gasteiger partial charge on any atom is 0.239 e. The van der Waals surface area contributed by atoms with Gasteiger partial charge in [0, 0.05) is 44.1 Å². The summed E-state index contributed by atoms with van der Waals surface area (Å²) in [7, 11) is 1.63. The van der Waals surface area contributed by atoms with Crippen LogP contribution in [0.2, 0.25) is 0 Å². The van der Waals surface area contributed by atoms with Crippen LogP contribution in [-0.2, 0) is 25.5 Å². The predicted molar refractivity (Wildman–Crippen MR) is 244 cm³/mol. The number of aliphatic hydroxyl groups excluding tert-OH is 2. The Bertz CT molecular complexity index is 2080. The lowest BCUT2D eigenvalue weighted by Gasteiger charge is -2.60. The zero-order valence-corrected chi connectivity index (χ0v) is 37.8. The van der Waals surface area contributed by atoms with E-state index in [2.05, 4.69) is 51.6 Å². The van der Waals surface area contributed by atoms with E-state index in [0.717, 1.165) is 78.7 Å². The van der Waals surface area contributed by atoms with Gasteiger partial charge in [-0.25, -0.2) is 0 Å². The number of allylic oxidation sites excluding steroid dienone is 1. The summed E-state index contributed by atoms with van der Waals surface area (Å²) in [6.07, 6.45) is 12.3. The van der Waals surface area contributed by atoms with Crippen molar-refractivity contribution in [2.45, 2.75) is 122 Å². The van der Waals surface area contributed by atoms with E-state index in [1.54, 1.807) is 13.2 Å². The van der Waals surface area contributed by atoms with Crippen molar-refractivity contribution in [3.63, 3.8) is 0 Å². The molecule has 7 rings (SSSR count). The molecular formula is C52H68N2O9. The minimum absolute atomic E-state index is 0.0553. The fraction of sp³-hybridized carbons (Fsp3) is 0.538. The Morgan fingerprint density at radius 3 is 2.49 bits per heavy atom. The third kappa shape index (κ3) is 10.5. The van der Waals surface area contributed by atoms with Crippen LogP contribution < -0.4 is 14.2 Å². The first-order valence-electron chi connectivity index (χ1n) is 23.3. The highest BCUT2D eigenvalue weighted by Crippen LogP contribution is 2.62. The second-order valence-electron chi connectivity index (χ2n) is 17.6. The standard InChI is InChI=1S/C52H68N2O9/c1-6-24-54(48(57)31-37-15-14-17-39(30-37)58-5)47-34-45(53-63-49-19-10-13-28-59-49)43-32-38(16-8-11-25-55)42(18-9-12-26-56)50-44-33-41(61-40-21-20-35(3)36(4)29-40)22-23-46(44)62-52(47,51(43)50)60-27-7-2/h7,14-15,17,20-23,29-30,32-33,38,42,47,49-51,55-56H,2,6,8-13,16,18-19,24-28,31,34H2,1,3-5H3/t38-,42+,47-,49?,50+,51+,52+/m0/s1. The first kappa shape index (κ1) is 46.3. The molecule has 63 heavy (non-hydrogen) atoms. The number of carbonyl (C=O) groups excluding carboxylic acids is 1. The topological polar surface area (TPSA) is 129 Å². The Kier molecular flexibility index (Phi) is 16.0. The molecule has 0 radical (unpaired) electrons. The van der Waals surface area contributed by atoms with Gasteiger partial charge in [-0.05, 0) is 135 Å². The van der Waals surface area contributed by atoms with E-state index in [-0.39, 0.29) is 49.9 Å². The van der Waals surface area contributed by atoms with E-state index in [9.17, 15) is 15.0 Å². The van der Waals surface area contributed by atoms with Gasteiger partial charge in [-0.2, -0.15) is 0 Å². The van der Waals surface area contributed by atoms with Gasteiger partial charge in [-0.1, -0.05) is 55.3 Å². The van der Waals surface area contributed by atoms with Gasteiger partial charge in [0.1, 0.15) is 29.0 Å². The Morgan fingerprint density at radius 1 is 0.968 bits per heavy atom. The SMILES string of the molecule is C=CCO[C@@]12Oc3ccc(Oc4ccc(C)c(C)c4)cc3[C@H]3[C@H](CCCCO)[C@@H](CCCCO)C=C(C(=NOC4CCCCO4)C[C@@H]1N(CCC)C(=O)Cc1cccc(OC)c1)[C@H]32. The lowest BCUT2D eigenvalue weighted by atomic mass is 9.55. The molecule has 7 atom stereocenters. The molecule has 1 saturated heterocycles. The number of ether oxygens (including phenoxy) is 5. The van der Waals surface area contributed by atoms with Crippen LogP contribution in [0.4, 0.5) is 0 Å². The lowest BCUT2D eigenvalue weighted by molar-refractivity contribution is -0.257. The molecule has 1 unspecified atom stereocenters. The highest BCUT2D eigenvalue weighted by Gasteiger charge is 2.65. The molecule has 2 fully saturated rings. The minimum Gasteiger partial charge on any atom is -0.497 e. The Balaban J connectivity index is 1.43. The van der Waals surface area contributed by atoms with Gasteiger partial charge in [0.25, 0.3) is 0 Å². The fourth-order valence-corrected chi connectivity index (χ4v) is 10.3. The van der Waals surface area contributed by atoms with Crippen LogP contribution in [0.5, 0.6) is 23.0 Å². The van der Waals surface area contributed by atoms with E-state index in [1.165, 1.54) is 5.56 Å². The number of aryl methyl sites for hydroxylation is 2. The molecule has 4 aliphatic rings. The molecule has 1 amide bonds. The molecule has 0 spiro atoms. The number of aliphatic hydroxyl groups is 2. The average molecular weight is 865 g/mol. The monoisotopic (exact) mass is 864 g/mol. The van der Waals surface area contributed by atoms with Crippen molar-refractivity contribution in [2.75, 3.05) is 40.1 Å². The van der Waals surface area contributed by atoms with Crippen LogP contribution in [0.25, 0.3) is 0 Å². The summed E-state index contributed by atoms with van der Waals surface area (Å²) in [6.45, 7) is 11.8. The average Bonchev–Trinajstić information content (AvgIpc) is 3.29. The highest BCUT2D eigenvalue weighted by molar-refractivity contribution is 6.03. The Hall–Kier alpha value is -4.68. The van der Waals surface area contributed by atoms with Crippen LogP contribution in [-0.4, -0.2) is 84.9 Å². The second kappa shape index (κ2) is 21.8. The molecule has 11 nitrogen and oxygen atoms in total. The molecule has 340 valence electrons. The van der Waals surface area contributed by atoms with Crippen LogP contribution in [0.15, 0.2) is 90.1 Å². The smallest absolute Gasteiger partial charge is 0.239 e. The number of oxime groups is 1. The molecule has 1 saturated carbocycles. The summed E-state index contributed by atoms with van der Waals surface area (Å²) in [5.74, 6) is 1.02. The molecule has 0 aromatic heterocycles. The van der Waals surface area contributed by atoms with Crippen molar-refractivity contribution in [3.05, 3.63) is 107 Å². The zero-order chi connectivity index (χ0) is 44.3. The number of unbranched alkanes of at least 4 members (excludes halogenated alkanes) is 2. The molecular weight excluding hydrogens is 797 g/mol. The van der Waals surface area contributed by atoms with Crippen LogP contribution in [0.3, 0.4) is 0 Å². The van der Waals surface area contributed by atoms with Crippen molar-refractivity contribution in [1.82, 2.24) is 4.90 Å². The van der Waals surface area contributed by atoms with Gasteiger partial charge in [-0.3, -0.25) is 4.79 Å². The predicted octanol–water partition coefficient (Wildman–Crippen LogP) is 9.75. The first-order valence-corrected chi connectivity index (χ1v) is 23.3. The van der Waals surface area contributed by atoms with Crippen molar-refractivity contribution in [3.8, 4) is 23.0 Å². The maximum absolute atomic E-state index is 15.0. The molecule has 2 N–H and O–H groups in total. The number of nitrogens with zero attached hydrogens (tertiary/aromatic N) is 2. The molecule has 3 aromatic rings. The summed E-state index contributed by atoms with van der Waals surface area (Å²) in [4.78, 5) is 23.3. The highest BCUT2D eigenvalue weighted by atomic mass is 16.8. The normalized spacial score (nSPS) is 25.6. The van der Waals surface area contributed by atoms with Gasteiger partial charge >= 0.3 is 0 Å². The number of rotatable bonds is 21. The molecule has 3 aromatic carbocycles. The van der Waals surface area contributed by atoms with E-state index in [1.807, 2.05) is 47.4 Å². The molecule has 0 bridgehead atoms. The quantitative estimate of drug-likeness (QED) is 0.0611. The van der Waals surface area contributed by atoms with Crippen molar-refractivity contribution in [2.24, 2.45) is 22.9 Å². The van der Waals surface area contributed by atoms with E-state index >= 15 is 0 Å². The van der Waals surface area contributed by atoms with Gasteiger partial charge < -0.3 is 43.6 Å². The van der Waals surface area contributed by atoms with Crippen LogP contribution in [0, 0.1) is 31.6 Å². The first-order chi connectivity index (χ1) is 30.7. The Morgan fingerprint density at radius 2 is 1.76 bits per heavy atom. The largest absolute Gasteiger partial charge is 0.497 e. The lowest BCUT2D eigenvalue weighted by Crippen LogP contribution is -2.70. The maximum atomic E-state index is 15.0. The molecule has 2 aliphatic heterocycles. The van der Waals surface area contributed by atoms with E-state index in [4.69, 9.17) is 33.7 Å².